The van der Waals surface area contributed by atoms with Gasteiger partial charge < -0.3 is 4.90 Å². The molecule has 0 atom stereocenters. The number of amides is 1. The standard InChI is InChI=1S/C17H18N6OS/c24-17(15-7-4-12-25-15)22-10-8-21(9-11-22)13-16-18-19-20-23(16)14-5-2-1-3-6-14/h1-7,12H,8-11,13H2. The number of carbonyl (C=O) groups is 1. The molecule has 0 saturated carbocycles. The van der Waals surface area contributed by atoms with Crippen molar-refractivity contribution in [2.75, 3.05) is 26.2 Å². The highest BCUT2D eigenvalue weighted by molar-refractivity contribution is 7.12. The summed E-state index contributed by atoms with van der Waals surface area (Å²) in [6.45, 7) is 3.76. The highest BCUT2D eigenvalue weighted by atomic mass is 32.1. The molecule has 3 heterocycles. The van der Waals surface area contributed by atoms with Crippen molar-refractivity contribution in [1.29, 1.82) is 0 Å². The van der Waals surface area contributed by atoms with Crippen LogP contribution in [0.25, 0.3) is 5.69 Å². The van der Waals surface area contributed by atoms with E-state index in [9.17, 15) is 4.79 Å². The van der Waals surface area contributed by atoms with Crippen molar-refractivity contribution in [2.24, 2.45) is 0 Å². The van der Waals surface area contributed by atoms with E-state index in [0.717, 1.165) is 42.6 Å². The number of tetrazole rings is 1. The van der Waals surface area contributed by atoms with Gasteiger partial charge in [0, 0.05) is 26.2 Å². The van der Waals surface area contributed by atoms with Crippen LogP contribution in [0.1, 0.15) is 15.5 Å². The number of rotatable bonds is 4. The first kappa shape index (κ1) is 15.9. The summed E-state index contributed by atoms with van der Waals surface area (Å²) in [5.74, 6) is 0.938. The summed E-state index contributed by atoms with van der Waals surface area (Å²) in [6, 6.07) is 13.7. The molecule has 1 saturated heterocycles. The van der Waals surface area contributed by atoms with Crippen LogP contribution in [-0.4, -0.2) is 62.1 Å². The van der Waals surface area contributed by atoms with E-state index >= 15 is 0 Å². The Kier molecular flexibility index (Phi) is 4.53. The van der Waals surface area contributed by atoms with E-state index in [1.807, 2.05) is 52.7 Å². The summed E-state index contributed by atoms with van der Waals surface area (Å²) in [5, 5.41) is 14.0. The van der Waals surface area contributed by atoms with Gasteiger partial charge >= 0.3 is 0 Å². The predicted molar refractivity (Wildman–Crippen MR) is 94.7 cm³/mol. The van der Waals surface area contributed by atoms with E-state index in [2.05, 4.69) is 20.4 Å². The molecule has 0 N–H and O–H groups in total. The minimum Gasteiger partial charge on any atom is -0.335 e. The molecule has 1 amide bonds. The molecule has 0 bridgehead atoms. The van der Waals surface area contributed by atoms with Gasteiger partial charge in [0.2, 0.25) is 0 Å². The minimum atomic E-state index is 0.128. The van der Waals surface area contributed by atoms with Gasteiger partial charge in [0.25, 0.3) is 5.91 Å². The summed E-state index contributed by atoms with van der Waals surface area (Å²) in [4.78, 5) is 17.4. The van der Waals surface area contributed by atoms with Gasteiger partial charge in [-0.2, -0.15) is 4.68 Å². The first-order valence-electron chi connectivity index (χ1n) is 8.19. The Hall–Kier alpha value is -2.58. The Balaban J connectivity index is 1.38. The van der Waals surface area contributed by atoms with Gasteiger partial charge in [0.05, 0.1) is 17.1 Å². The van der Waals surface area contributed by atoms with Crippen molar-refractivity contribution in [2.45, 2.75) is 6.54 Å². The summed E-state index contributed by atoms with van der Waals surface area (Å²) in [5.41, 5.74) is 0.953. The van der Waals surface area contributed by atoms with Crippen molar-refractivity contribution in [3.8, 4) is 5.69 Å². The van der Waals surface area contributed by atoms with E-state index in [1.54, 1.807) is 4.68 Å². The molecule has 2 aromatic heterocycles. The average molecular weight is 354 g/mol. The fraction of sp³-hybridized carbons (Fsp3) is 0.294. The zero-order chi connectivity index (χ0) is 17.1. The maximum Gasteiger partial charge on any atom is 0.264 e. The van der Waals surface area contributed by atoms with Gasteiger partial charge in [-0.3, -0.25) is 9.69 Å². The molecule has 7 nitrogen and oxygen atoms in total. The molecule has 4 rings (SSSR count). The summed E-state index contributed by atoms with van der Waals surface area (Å²) < 4.78 is 1.77. The lowest BCUT2D eigenvalue weighted by Crippen LogP contribution is -2.48. The van der Waals surface area contributed by atoms with Crippen molar-refractivity contribution in [3.63, 3.8) is 0 Å². The second-order valence-corrected chi connectivity index (χ2v) is 6.84. The SMILES string of the molecule is O=C(c1cccs1)N1CCN(Cc2nnnn2-c2ccccc2)CC1. The Bertz CT molecular complexity index is 824. The summed E-state index contributed by atoms with van der Waals surface area (Å²) >= 11 is 1.49. The van der Waals surface area contributed by atoms with Crippen LogP contribution < -0.4 is 0 Å². The predicted octanol–water partition coefficient (Wildman–Crippen LogP) is 1.68. The van der Waals surface area contributed by atoms with E-state index < -0.39 is 0 Å². The first-order chi connectivity index (χ1) is 12.3. The van der Waals surface area contributed by atoms with E-state index in [4.69, 9.17) is 0 Å². The van der Waals surface area contributed by atoms with Crippen LogP contribution in [0.3, 0.4) is 0 Å². The van der Waals surface area contributed by atoms with Crippen LogP contribution in [0, 0.1) is 0 Å². The summed E-state index contributed by atoms with van der Waals surface area (Å²) in [7, 11) is 0. The molecule has 1 fully saturated rings. The second-order valence-electron chi connectivity index (χ2n) is 5.89. The molecule has 1 aromatic carbocycles. The normalized spacial score (nSPS) is 15.4. The Morgan fingerprint density at radius 1 is 1.04 bits per heavy atom. The quantitative estimate of drug-likeness (QED) is 0.713. The number of hydrogen-bond acceptors (Lipinski definition) is 6. The smallest absolute Gasteiger partial charge is 0.264 e. The van der Waals surface area contributed by atoms with Gasteiger partial charge in [-0.25, -0.2) is 0 Å². The van der Waals surface area contributed by atoms with Gasteiger partial charge in [-0.05, 0) is 34.0 Å². The Labute approximate surface area is 149 Å². The first-order valence-corrected chi connectivity index (χ1v) is 9.07. The molecule has 3 aromatic rings. The van der Waals surface area contributed by atoms with Crippen LogP contribution >= 0.6 is 11.3 Å². The third kappa shape index (κ3) is 3.45. The zero-order valence-corrected chi connectivity index (χ0v) is 14.5. The van der Waals surface area contributed by atoms with E-state index in [1.165, 1.54) is 11.3 Å². The lowest BCUT2D eigenvalue weighted by atomic mass is 10.3. The molecule has 0 aliphatic carbocycles. The molecule has 0 radical (unpaired) electrons. The minimum absolute atomic E-state index is 0.128. The molecular weight excluding hydrogens is 336 g/mol. The van der Waals surface area contributed by atoms with E-state index in [-0.39, 0.29) is 5.91 Å². The van der Waals surface area contributed by atoms with Crippen molar-refractivity contribution >= 4 is 17.2 Å². The van der Waals surface area contributed by atoms with Crippen LogP contribution in [0.15, 0.2) is 47.8 Å². The maximum atomic E-state index is 12.4. The highest BCUT2D eigenvalue weighted by Crippen LogP contribution is 2.15. The number of thiophene rings is 1. The number of hydrogen-bond donors (Lipinski definition) is 0. The Morgan fingerprint density at radius 3 is 2.56 bits per heavy atom. The molecule has 0 unspecified atom stereocenters. The van der Waals surface area contributed by atoms with Crippen molar-refractivity contribution in [1.82, 2.24) is 30.0 Å². The number of aromatic nitrogens is 4. The summed E-state index contributed by atoms with van der Waals surface area (Å²) in [6.07, 6.45) is 0. The molecule has 0 spiro atoms. The van der Waals surface area contributed by atoms with Gasteiger partial charge in [-0.1, -0.05) is 24.3 Å². The molecular formula is C17H18N6OS. The topological polar surface area (TPSA) is 67.2 Å². The second kappa shape index (κ2) is 7.12. The Morgan fingerprint density at radius 2 is 1.84 bits per heavy atom. The largest absolute Gasteiger partial charge is 0.335 e. The van der Waals surface area contributed by atoms with E-state index in [0.29, 0.717) is 6.54 Å². The lowest BCUT2D eigenvalue weighted by Gasteiger charge is -2.34. The number of para-hydroxylation sites is 1. The molecule has 1 aliphatic heterocycles. The third-order valence-corrected chi connectivity index (χ3v) is 5.15. The number of carbonyl (C=O) groups excluding carboxylic acids is 1. The van der Waals surface area contributed by atoms with Crippen molar-refractivity contribution in [3.05, 3.63) is 58.5 Å². The lowest BCUT2D eigenvalue weighted by molar-refractivity contribution is 0.0629. The average Bonchev–Trinajstić information content (AvgIpc) is 3.35. The third-order valence-electron chi connectivity index (χ3n) is 4.29. The van der Waals surface area contributed by atoms with Crippen LogP contribution in [0.5, 0.6) is 0 Å². The zero-order valence-electron chi connectivity index (χ0n) is 13.7. The number of nitrogens with zero attached hydrogens (tertiary/aromatic N) is 6. The van der Waals surface area contributed by atoms with Gasteiger partial charge in [0.1, 0.15) is 0 Å². The number of benzene rings is 1. The fourth-order valence-corrected chi connectivity index (χ4v) is 3.63. The van der Waals surface area contributed by atoms with Crippen LogP contribution in [0.2, 0.25) is 0 Å². The maximum absolute atomic E-state index is 12.4. The van der Waals surface area contributed by atoms with Gasteiger partial charge in [-0.15, -0.1) is 16.4 Å². The molecule has 128 valence electrons. The molecule has 1 aliphatic rings. The molecule has 25 heavy (non-hydrogen) atoms. The number of piperazine rings is 1. The van der Waals surface area contributed by atoms with Crippen LogP contribution in [-0.2, 0) is 6.54 Å². The van der Waals surface area contributed by atoms with Gasteiger partial charge in [0.15, 0.2) is 5.82 Å². The molecule has 8 heteroatoms. The van der Waals surface area contributed by atoms with Crippen molar-refractivity contribution < 1.29 is 4.79 Å². The van der Waals surface area contributed by atoms with Crippen LogP contribution in [0.4, 0.5) is 0 Å². The highest BCUT2D eigenvalue weighted by Gasteiger charge is 2.24. The fourth-order valence-electron chi connectivity index (χ4n) is 2.94. The monoisotopic (exact) mass is 354 g/mol.